The largest absolute Gasteiger partial charge is 0.416 e. The molecular formula is C12H16F3NOS. The average Bonchev–Trinajstić information content (AvgIpc) is 2.27. The fourth-order valence-corrected chi connectivity index (χ4v) is 3.01. The van der Waals surface area contributed by atoms with Crippen LogP contribution in [0.3, 0.4) is 0 Å². The van der Waals surface area contributed by atoms with Gasteiger partial charge in [-0.3, -0.25) is 4.21 Å². The Morgan fingerprint density at radius 1 is 1.39 bits per heavy atom. The lowest BCUT2D eigenvalue weighted by molar-refractivity contribution is -0.137. The number of rotatable bonds is 4. The van der Waals surface area contributed by atoms with E-state index in [2.05, 4.69) is 0 Å². The summed E-state index contributed by atoms with van der Waals surface area (Å²) in [5.74, 6) is 0. The Morgan fingerprint density at radius 3 is 2.44 bits per heavy atom. The Hall–Kier alpha value is -1.04. The normalized spacial score (nSPS) is 15.4. The molecule has 0 aliphatic carbocycles. The Labute approximate surface area is 107 Å². The second-order valence-corrected chi connectivity index (χ2v) is 5.99. The van der Waals surface area contributed by atoms with Crippen LogP contribution in [0.15, 0.2) is 23.1 Å². The van der Waals surface area contributed by atoms with Gasteiger partial charge < -0.3 is 5.73 Å². The van der Waals surface area contributed by atoms with Gasteiger partial charge in [-0.15, -0.1) is 0 Å². The monoisotopic (exact) mass is 279 g/mol. The summed E-state index contributed by atoms with van der Waals surface area (Å²) in [6.45, 7) is 3.76. The fourth-order valence-electron chi connectivity index (χ4n) is 1.64. The summed E-state index contributed by atoms with van der Waals surface area (Å²) in [6.07, 6.45) is -2.82. The van der Waals surface area contributed by atoms with Crippen LogP contribution in [0.4, 0.5) is 18.9 Å². The fraction of sp³-hybridized carbons (Fsp3) is 0.500. The minimum Gasteiger partial charge on any atom is -0.398 e. The molecule has 0 spiro atoms. The van der Waals surface area contributed by atoms with Gasteiger partial charge in [0.1, 0.15) is 0 Å². The first-order valence-corrected chi connectivity index (χ1v) is 6.86. The van der Waals surface area contributed by atoms with E-state index in [-0.39, 0.29) is 15.8 Å². The van der Waals surface area contributed by atoms with Crippen LogP contribution in [0.2, 0.25) is 0 Å². The van der Waals surface area contributed by atoms with Gasteiger partial charge in [0.25, 0.3) is 0 Å². The first-order valence-electron chi connectivity index (χ1n) is 5.64. The summed E-state index contributed by atoms with van der Waals surface area (Å²) in [6, 6.07) is 2.97. The van der Waals surface area contributed by atoms with Crippen molar-refractivity contribution in [2.24, 2.45) is 0 Å². The minimum atomic E-state index is -4.43. The zero-order chi connectivity index (χ0) is 13.9. The summed E-state index contributed by atoms with van der Waals surface area (Å²) in [5, 5.41) is -0.117. The van der Waals surface area contributed by atoms with Gasteiger partial charge in [0.05, 0.1) is 21.3 Å². The van der Waals surface area contributed by atoms with Crippen molar-refractivity contribution in [2.45, 2.75) is 43.0 Å². The number of benzene rings is 1. The van der Waals surface area contributed by atoms with Gasteiger partial charge >= 0.3 is 6.18 Å². The Morgan fingerprint density at radius 2 is 2.00 bits per heavy atom. The van der Waals surface area contributed by atoms with Crippen LogP contribution in [0.25, 0.3) is 0 Å². The highest BCUT2D eigenvalue weighted by Gasteiger charge is 2.31. The van der Waals surface area contributed by atoms with E-state index in [1.165, 1.54) is 6.07 Å². The molecule has 0 aliphatic rings. The van der Waals surface area contributed by atoms with E-state index in [1.54, 1.807) is 6.92 Å². The smallest absolute Gasteiger partial charge is 0.398 e. The summed E-state index contributed by atoms with van der Waals surface area (Å²) in [5.41, 5.74) is 4.68. The van der Waals surface area contributed by atoms with Crippen LogP contribution in [0.1, 0.15) is 32.3 Å². The van der Waals surface area contributed by atoms with Crippen molar-refractivity contribution in [1.29, 1.82) is 0 Å². The van der Waals surface area contributed by atoms with Crippen molar-refractivity contribution in [2.75, 3.05) is 5.73 Å². The maximum atomic E-state index is 12.4. The molecule has 0 fully saturated rings. The first kappa shape index (κ1) is 15.0. The molecule has 0 aromatic heterocycles. The molecule has 2 unspecified atom stereocenters. The number of hydrogen-bond donors (Lipinski definition) is 1. The van der Waals surface area contributed by atoms with Gasteiger partial charge in [-0.25, -0.2) is 0 Å². The molecule has 18 heavy (non-hydrogen) atoms. The highest BCUT2D eigenvalue weighted by Crippen LogP contribution is 2.32. The van der Waals surface area contributed by atoms with Crippen LogP contribution in [-0.2, 0) is 17.0 Å². The van der Waals surface area contributed by atoms with Crippen LogP contribution in [-0.4, -0.2) is 9.46 Å². The van der Waals surface area contributed by atoms with Crippen molar-refractivity contribution < 1.29 is 17.4 Å². The molecule has 1 aromatic carbocycles. The van der Waals surface area contributed by atoms with E-state index in [9.17, 15) is 17.4 Å². The van der Waals surface area contributed by atoms with Crippen LogP contribution in [0.5, 0.6) is 0 Å². The quantitative estimate of drug-likeness (QED) is 0.856. The number of anilines is 1. The highest BCUT2D eigenvalue weighted by atomic mass is 32.2. The number of nitrogen functional groups attached to an aromatic ring is 1. The predicted octanol–water partition coefficient (Wildman–Crippen LogP) is 3.58. The molecule has 0 heterocycles. The molecule has 0 aliphatic heterocycles. The van der Waals surface area contributed by atoms with Gasteiger partial charge in [0.15, 0.2) is 0 Å². The van der Waals surface area contributed by atoms with E-state index in [0.29, 0.717) is 0 Å². The van der Waals surface area contributed by atoms with E-state index >= 15 is 0 Å². The van der Waals surface area contributed by atoms with E-state index in [0.717, 1.165) is 25.0 Å². The summed E-state index contributed by atoms with van der Waals surface area (Å²) >= 11 is 0. The lowest BCUT2D eigenvalue weighted by atomic mass is 10.2. The predicted molar refractivity (Wildman–Crippen MR) is 66.6 cm³/mol. The Kier molecular flexibility index (Phi) is 4.78. The molecule has 1 aromatic rings. The van der Waals surface area contributed by atoms with Crippen molar-refractivity contribution in [1.82, 2.24) is 0 Å². The van der Waals surface area contributed by atoms with Crippen molar-refractivity contribution >= 4 is 16.5 Å². The topological polar surface area (TPSA) is 43.1 Å². The average molecular weight is 279 g/mol. The maximum absolute atomic E-state index is 12.4. The number of alkyl halides is 3. The highest BCUT2D eigenvalue weighted by molar-refractivity contribution is 7.85. The molecule has 0 amide bonds. The standard InChI is InChI=1S/C12H16F3NOS/c1-3-4-8(2)18(17)11-6-5-9(7-10(11)16)12(13,14)15/h5-8H,3-4,16H2,1-2H3. The molecule has 0 bridgehead atoms. The Bertz CT molecular complexity index is 445. The molecule has 0 saturated heterocycles. The summed E-state index contributed by atoms with van der Waals surface area (Å²) in [7, 11) is -1.37. The molecular weight excluding hydrogens is 263 g/mol. The van der Waals surface area contributed by atoms with E-state index in [4.69, 9.17) is 5.73 Å². The van der Waals surface area contributed by atoms with Crippen molar-refractivity contribution in [3.05, 3.63) is 23.8 Å². The first-order chi connectivity index (χ1) is 8.27. The molecule has 2 N–H and O–H groups in total. The third-order valence-electron chi connectivity index (χ3n) is 2.61. The number of nitrogens with two attached hydrogens (primary N) is 1. The summed E-state index contributed by atoms with van der Waals surface area (Å²) in [4.78, 5) is 0.281. The van der Waals surface area contributed by atoms with Crippen LogP contribution in [0, 0.1) is 0 Å². The van der Waals surface area contributed by atoms with Crippen LogP contribution >= 0.6 is 0 Å². The Balaban J connectivity index is 3.03. The van der Waals surface area contributed by atoms with Crippen molar-refractivity contribution in [3.8, 4) is 0 Å². The number of hydrogen-bond acceptors (Lipinski definition) is 2. The summed E-state index contributed by atoms with van der Waals surface area (Å²) < 4.78 is 49.4. The third-order valence-corrected chi connectivity index (χ3v) is 4.39. The number of halogens is 3. The lowest BCUT2D eigenvalue weighted by Gasteiger charge is -2.14. The molecule has 0 radical (unpaired) electrons. The lowest BCUT2D eigenvalue weighted by Crippen LogP contribution is -2.13. The molecule has 2 atom stereocenters. The SMILES string of the molecule is CCCC(C)S(=O)c1ccc(C(F)(F)F)cc1N. The van der Waals surface area contributed by atoms with Gasteiger partial charge in [0.2, 0.25) is 0 Å². The minimum absolute atomic E-state index is 0.0638. The molecule has 6 heteroatoms. The van der Waals surface area contributed by atoms with Gasteiger partial charge in [-0.05, 0) is 24.6 Å². The van der Waals surface area contributed by atoms with Crippen molar-refractivity contribution in [3.63, 3.8) is 0 Å². The van der Waals surface area contributed by atoms with Crippen LogP contribution < -0.4 is 5.73 Å². The molecule has 102 valence electrons. The second kappa shape index (κ2) is 5.73. The zero-order valence-corrected chi connectivity index (χ0v) is 11.1. The molecule has 1 rings (SSSR count). The third kappa shape index (κ3) is 3.48. The van der Waals surface area contributed by atoms with Gasteiger partial charge in [0, 0.05) is 10.9 Å². The second-order valence-electron chi connectivity index (χ2n) is 4.15. The van der Waals surface area contributed by atoms with Gasteiger partial charge in [-0.1, -0.05) is 20.3 Å². The maximum Gasteiger partial charge on any atom is 0.416 e. The van der Waals surface area contributed by atoms with Gasteiger partial charge in [-0.2, -0.15) is 13.2 Å². The molecule has 0 saturated carbocycles. The van der Waals surface area contributed by atoms with E-state index < -0.39 is 22.5 Å². The molecule has 2 nitrogen and oxygen atoms in total. The van der Waals surface area contributed by atoms with E-state index in [1.807, 2.05) is 6.92 Å². The zero-order valence-electron chi connectivity index (χ0n) is 10.3.